The molecule has 0 aliphatic heterocycles. The van der Waals surface area contributed by atoms with Crippen molar-refractivity contribution in [2.24, 2.45) is 0 Å². The molecule has 0 spiro atoms. The first-order chi connectivity index (χ1) is 13.2. The third-order valence-corrected chi connectivity index (χ3v) is 5.69. The van der Waals surface area contributed by atoms with Crippen LogP contribution in [0.15, 0.2) is 66.7 Å². The molecule has 27 heavy (non-hydrogen) atoms. The van der Waals surface area contributed by atoms with Crippen molar-refractivity contribution < 1.29 is 0 Å². The number of para-hydroxylation sites is 1. The van der Waals surface area contributed by atoms with Crippen LogP contribution in [0.4, 0.5) is 0 Å². The van der Waals surface area contributed by atoms with Crippen molar-refractivity contribution in [2.45, 2.75) is 26.7 Å². The van der Waals surface area contributed by atoms with E-state index in [1.165, 1.54) is 49.4 Å². The molecule has 3 aromatic carbocycles. The Morgan fingerprint density at radius 1 is 0.704 bits per heavy atom. The summed E-state index contributed by atoms with van der Waals surface area (Å²) >= 11 is 0. The van der Waals surface area contributed by atoms with Crippen LogP contribution in [0.5, 0.6) is 0 Å². The Kier molecular flexibility index (Phi) is 3.75. The van der Waals surface area contributed by atoms with Gasteiger partial charge in [-0.05, 0) is 73.2 Å². The van der Waals surface area contributed by atoms with Gasteiger partial charge in [0.1, 0.15) is 0 Å². The van der Waals surface area contributed by atoms with Crippen molar-refractivity contribution >= 4 is 23.1 Å². The van der Waals surface area contributed by atoms with Gasteiger partial charge in [0.05, 0.1) is 5.52 Å². The fourth-order valence-corrected chi connectivity index (χ4v) is 4.37. The lowest BCUT2D eigenvalue weighted by atomic mass is 9.95. The van der Waals surface area contributed by atoms with Gasteiger partial charge in [0.15, 0.2) is 0 Å². The first-order valence-electron chi connectivity index (χ1n) is 9.71. The number of benzene rings is 3. The zero-order chi connectivity index (χ0) is 18.4. The number of hydrogen-bond acceptors (Lipinski definition) is 0. The van der Waals surface area contributed by atoms with Crippen LogP contribution in [0, 0.1) is 13.8 Å². The van der Waals surface area contributed by atoms with Crippen LogP contribution in [0.25, 0.3) is 39.9 Å². The Hall–Kier alpha value is -3.06. The van der Waals surface area contributed by atoms with Crippen molar-refractivity contribution in [3.8, 4) is 16.8 Å². The zero-order valence-corrected chi connectivity index (χ0v) is 15.9. The molecular weight excluding hydrogens is 326 g/mol. The van der Waals surface area contributed by atoms with Gasteiger partial charge < -0.3 is 4.57 Å². The fourth-order valence-electron chi connectivity index (χ4n) is 4.37. The van der Waals surface area contributed by atoms with Crippen LogP contribution in [0.3, 0.4) is 0 Å². The number of aryl methyl sites for hydroxylation is 2. The maximum absolute atomic E-state index is 2.43. The molecule has 1 aliphatic carbocycles. The lowest BCUT2D eigenvalue weighted by Crippen LogP contribution is -2.30. The molecule has 1 heteroatoms. The highest BCUT2D eigenvalue weighted by molar-refractivity contribution is 5.90. The monoisotopic (exact) mass is 349 g/mol. The molecule has 0 unspecified atom stereocenters. The maximum Gasteiger partial charge on any atom is 0.0543 e. The maximum atomic E-state index is 2.43. The predicted octanol–water partition coefficient (Wildman–Crippen LogP) is 5.27. The van der Waals surface area contributed by atoms with Gasteiger partial charge in [0, 0.05) is 21.6 Å². The van der Waals surface area contributed by atoms with E-state index in [4.69, 9.17) is 0 Å². The lowest BCUT2D eigenvalue weighted by molar-refractivity contribution is 1.02. The molecule has 1 nitrogen and oxygen atoms in total. The first-order valence-corrected chi connectivity index (χ1v) is 9.71. The molecular formula is C26H23N. The molecule has 1 heterocycles. The number of hydrogen-bond donors (Lipinski definition) is 0. The quantitative estimate of drug-likeness (QED) is 0.465. The summed E-state index contributed by atoms with van der Waals surface area (Å²) in [7, 11) is 0. The van der Waals surface area contributed by atoms with E-state index in [0.717, 1.165) is 12.8 Å². The van der Waals surface area contributed by atoms with Crippen molar-refractivity contribution in [3.63, 3.8) is 0 Å². The van der Waals surface area contributed by atoms with E-state index >= 15 is 0 Å². The highest BCUT2D eigenvalue weighted by atomic mass is 15.0. The van der Waals surface area contributed by atoms with Crippen LogP contribution in [-0.2, 0) is 0 Å². The number of nitrogens with zero attached hydrogens (tertiary/aromatic N) is 1. The summed E-state index contributed by atoms with van der Waals surface area (Å²) in [5.74, 6) is 0. The third kappa shape index (κ3) is 2.54. The molecule has 0 radical (unpaired) electrons. The minimum Gasteiger partial charge on any atom is -0.310 e. The van der Waals surface area contributed by atoms with Crippen LogP contribution in [-0.4, -0.2) is 4.57 Å². The van der Waals surface area contributed by atoms with Crippen molar-refractivity contribution in [3.05, 3.63) is 88.4 Å². The number of fused-ring (bicyclic) bond motifs is 3. The second kappa shape index (κ2) is 6.28. The average Bonchev–Trinajstić information content (AvgIpc) is 3.02. The fraction of sp³-hybridized carbons (Fsp3) is 0.154. The van der Waals surface area contributed by atoms with E-state index in [0.29, 0.717) is 0 Å². The summed E-state index contributed by atoms with van der Waals surface area (Å²) in [6.45, 7) is 4.43. The van der Waals surface area contributed by atoms with Gasteiger partial charge in [-0.25, -0.2) is 0 Å². The molecule has 1 aromatic heterocycles. The Morgan fingerprint density at radius 2 is 1.44 bits per heavy atom. The van der Waals surface area contributed by atoms with Crippen LogP contribution in [0.1, 0.15) is 24.0 Å². The Bertz CT molecular complexity index is 1270. The summed E-state index contributed by atoms with van der Waals surface area (Å²) in [6, 6.07) is 24.2. The molecule has 0 fully saturated rings. The average molecular weight is 349 g/mol. The third-order valence-electron chi connectivity index (χ3n) is 5.69. The molecule has 4 aromatic rings. The summed E-state index contributed by atoms with van der Waals surface area (Å²) in [5.41, 5.74) is 7.86. The minimum atomic E-state index is 1.11. The number of aromatic nitrogens is 1. The topological polar surface area (TPSA) is 4.93 Å². The van der Waals surface area contributed by atoms with Crippen LogP contribution < -0.4 is 10.6 Å². The predicted molar refractivity (Wildman–Crippen MR) is 116 cm³/mol. The zero-order valence-electron chi connectivity index (χ0n) is 15.9. The van der Waals surface area contributed by atoms with Crippen molar-refractivity contribution in [2.75, 3.05) is 0 Å². The summed E-state index contributed by atoms with van der Waals surface area (Å²) in [6.07, 6.45) is 7.04. The highest BCUT2D eigenvalue weighted by Gasteiger charge is 2.14. The van der Waals surface area contributed by atoms with Gasteiger partial charge in [-0.3, -0.25) is 0 Å². The van der Waals surface area contributed by atoms with E-state index in [2.05, 4.69) is 97.3 Å². The largest absolute Gasteiger partial charge is 0.310 e. The van der Waals surface area contributed by atoms with E-state index in [-0.39, 0.29) is 0 Å². The Morgan fingerprint density at radius 3 is 2.26 bits per heavy atom. The van der Waals surface area contributed by atoms with Gasteiger partial charge in [-0.1, -0.05) is 54.6 Å². The molecule has 5 rings (SSSR count). The summed E-state index contributed by atoms with van der Waals surface area (Å²) in [4.78, 5) is 0. The molecule has 0 saturated heterocycles. The molecule has 0 bridgehead atoms. The van der Waals surface area contributed by atoms with E-state index in [9.17, 15) is 0 Å². The van der Waals surface area contributed by atoms with Crippen LogP contribution in [0.2, 0.25) is 0 Å². The molecule has 0 atom stereocenters. The van der Waals surface area contributed by atoms with E-state index < -0.39 is 0 Å². The second-order valence-corrected chi connectivity index (χ2v) is 7.45. The molecule has 0 amide bonds. The van der Waals surface area contributed by atoms with Gasteiger partial charge in [-0.2, -0.15) is 0 Å². The van der Waals surface area contributed by atoms with Crippen molar-refractivity contribution in [1.29, 1.82) is 0 Å². The second-order valence-electron chi connectivity index (χ2n) is 7.45. The normalized spacial score (nSPS) is 13.1. The first kappa shape index (κ1) is 16.1. The standard InChI is InChI=1S/C26H23N/c1-18-10-6-7-13-21(18)23-17-24-22-14-8-9-15-25(22)27(26(24)16-19(23)2)20-11-4-3-5-12-20/h3-7,10-17H,8-9H2,1-2H3. The van der Waals surface area contributed by atoms with Crippen LogP contribution >= 0.6 is 0 Å². The Labute approximate surface area is 159 Å². The SMILES string of the molecule is Cc1ccccc1-c1cc2c3c(n(-c4ccccc4)c2cc1C)=CCCC=3. The molecule has 1 aliphatic rings. The van der Waals surface area contributed by atoms with E-state index in [1.807, 2.05) is 0 Å². The van der Waals surface area contributed by atoms with E-state index in [1.54, 1.807) is 0 Å². The van der Waals surface area contributed by atoms with Gasteiger partial charge in [0.25, 0.3) is 0 Å². The highest BCUT2D eigenvalue weighted by Crippen LogP contribution is 2.30. The summed E-state index contributed by atoms with van der Waals surface area (Å²) < 4.78 is 2.43. The number of rotatable bonds is 2. The molecule has 132 valence electrons. The van der Waals surface area contributed by atoms with Gasteiger partial charge in [-0.15, -0.1) is 0 Å². The smallest absolute Gasteiger partial charge is 0.0543 e. The summed E-state index contributed by atoms with van der Waals surface area (Å²) in [5, 5.41) is 4.08. The lowest BCUT2D eigenvalue weighted by Gasteiger charge is -2.12. The van der Waals surface area contributed by atoms with Gasteiger partial charge >= 0.3 is 0 Å². The molecule has 0 N–H and O–H groups in total. The molecule has 0 saturated carbocycles. The van der Waals surface area contributed by atoms with Gasteiger partial charge in [0.2, 0.25) is 0 Å². The minimum absolute atomic E-state index is 1.11. The Balaban J connectivity index is 1.90. The van der Waals surface area contributed by atoms with Crippen molar-refractivity contribution in [1.82, 2.24) is 4.57 Å².